The fraction of sp³-hybridized carbons (Fsp3) is 0.429. The van der Waals surface area contributed by atoms with Gasteiger partial charge in [0.1, 0.15) is 0 Å². The van der Waals surface area contributed by atoms with Crippen LogP contribution in [0.5, 0.6) is 11.5 Å². The summed E-state index contributed by atoms with van der Waals surface area (Å²) in [4.78, 5) is 12.5. The van der Waals surface area contributed by atoms with Gasteiger partial charge in [-0.1, -0.05) is 19.9 Å². The van der Waals surface area contributed by atoms with Crippen LogP contribution in [0.1, 0.15) is 56.7 Å². The van der Waals surface area contributed by atoms with Crippen molar-refractivity contribution in [3.63, 3.8) is 0 Å². The Balaban J connectivity index is 1.59. The molecule has 1 atom stereocenters. The van der Waals surface area contributed by atoms with Crippen LogP contribution < -0.4 is 19.4 Å². The number of carbonyl (C=O) groups excluding carboxylic acids is 1. The van der Waals surface area contributed by atoms with Crippen molar-refractivity contribution in [1.29, 1.82) is 0 Å². The third kappa shape index (κ3) is 3.98. The predicted octanol–water partition coefficient (Wildman–Crippen LogP) is 3.48. The molecule has 1 N–H and O–H groups in total. The van der Waals surface area contributed by atoms with Gasteiger partial charge < -0.3 is 14.8 Å². The number of carbonyl (C=O) groups is 1. The summed E-state index contributed by atoms with van der Waals surface area (Å²) in [6.07, 6.45) is 6.26. The molecule has 5 nitrogen and oxygen atoms in total. The molecule has 2 heterocycles. The topological polar surface area (TPSA) is 51.4 Å². The molecule has 1 aromatic heterocycles. The van der Waals surface area contributed by atoms with E-state index >= 15 is 0 Å². The van der Waals surface area contributed by atoms with Gasteiger partial charge in [-0.2, -0.15) is 4.57 Å². The van der Waals surface area contributed by atoms with Gasteiger partial charge in [0.15, 0.2) is 23.9 Å². The van der Waals surface area contributed by atoms with Gasteiger partial charge in [-0.3, -0.25) is 4.79 Å². The number of fused-ring (bicyclic) bond motifs is 1. The molecule has 0 radical (unpaired) electrons. The summed E-state index contributed by atoms with van der Waals surface area (Å²) in [5.41, 5.74) is 2.32. The molecule has 0 spiro atoms. The molecular formula is C21H27N2O3+. The molecule has 3 rings (SSSR count). The van der Waals surface area contributed by atoms with E-state index in [0.29, 0.717) is 12.5 Å². The van der Waals surface area contributed by atoms with E-state index in [9.17, 15) is 4.79 Å². The van der Waals surface area contributed by atoms with Crippen molar-refractivity contribution in [2.24, 2.45) is 0 Å². The monoisotopic (exact) mass is 355 g/mol. The Morgan fingerprint density at radius 1 is 1.12 bits per heavy atom. The molecule has 0 saturated carbocycles. The van der Waals surface area contributed by atoms with Crippen LogP contribution in [0, 0.1) is 0 Å². The maximum absolute atomic E-state index is 12.5. The number of pyridine rings is 1. The van der Waals surface area contributed by atoms with Crippen LogP contribution in [0.2, 0.25) is 0 Å². The molecule has 0 bridgehead atoms. The minimum Gasteiger partial charge on any atom is -0.454 e. The third-order valence-electron chi connectivity index (χ3n) is 5.07. The van der Waals surface area contributed by atoms with E-state index in [1.54, 1.807) is 0 Å². The Morgan fingerprint density at radius 2 is 1.81 bits per heavy atom. The molecule has 2 aromatic rings. The fourth-order valence-corrected chi connectivity index (χ4v) is 3.26. The Kier molecular flexibility index (Phi) is 5.76. The number of benzene rings is 1. The zero-order valence-corrected chi connectivity index (χ0v) is 15.7. The molecule has 0 saturated heterocycles. The van der Waals surface area contributed by atoms with Crippen molar-refractivity contribution in [2.75, 3.05) is 6.79 Å². The lowest BCUT2D eigenvalue weighted by molar-refractivity contribution is -0.706. The molecule has 26 heavy (non-hydrogen) atoms. The lowest BCUT2D eigenvalue weighted by atomic mass is 9.95. The van der Waals surface area contributed by atoms with E-state index in [2.05, 4.69) is 31.3 Å². The zero-order chi connectivity index (χ0) is 18.5. The molecule has 5 heteroatoms. The van der Waals surface area contributed by atoms with Gasteiger partial charge in [0.25, 0.3) is 5.91 Å². The first-order chi connectivity index (χ1) is 12.6. The number of nitrogens with one attached hydrogen (secondary N) is 1. The standard InChI is InChI=1S/C21H26N2O3/c1-4-17(5-2)18-8-10-23(11-9-18)15(3)21(24)22-13-16-6-7-19-20(12-16)26-14-25-19/h6-12,15,17H,4-5,13-14H2,1-3H3/p+1/t15-/m1/s1. The molecule has 138 valence electrons. The average Bonchev–Trinajstić information content (AvgIpc) is 3.15. The Morgan fingerprint density at radius 3 is 2.50 bits per heavy atom. The minimum absolute atomic E-state index is 0.0112. The van der Waals surface area contributed by atoms with E-state index in [0.717, 1.165) is 29.9 Å². The summed E-state index contributed by atoms with van der Waals surface area (Å²) in [6, 6.07) is 9.71. The van der Waals surface area contributed by atoms with Crippen LogP contribution in [-0.2, 0) is 11.3 Å². The second-order valence-corrected chi connectivity index (χ2v) is 6.67. The molecule has 0 fully saturated rings. The van der Waals surface area contributed by atoms with Crippen LogP contribution in [-0.4, -0.2) is 12.7 Å². The highest BCUT2D eigenvalue weighted by atomic mass is 16.7. The van der Waals surface area contributed by atoms with Crippen molar-refractivity contribution in [1.82, 2.24) is 5.32 Å². The van der Waals surface area contributed by atoms with Crippen molar-refractivity contribution in [3.8, 4) is 11.5 Å². The highest BCUT2D eigenvalue weighted by Crippen LogP contribution is 2.32. The molecule has 0 aliphatic carbocycles. The van der Waals surface area contributed by atoms with E-state index in [1.165, 1.54) is 5.56 Å². The summed E-state index contributed by atoms with van der Waals surface area (Å²) in [7, 11) is 0. The quantitative estimate of drug-likeness (QED) is 0.774. The molecular weight excluding hydrogens is 328 g/mol. The van der Waals surface area contributed by atoms with E-state index in [-0.39, 0.29) is 18.7 Å². The van der Waals surface area contributed by atoms with Crippen molar-refractivity contribution in [3.05, 3.63) is 53.9 Å². The number of hydrogen-bond donors (Lipinski definition) is 1. The summed E-state index contributed by atoms with van der Waals surface area (Å²) in [6.45, 7) is 7.05. The Labute approximate surface area is 155 Å². The second-order valence-electron chi connectivity index (χ2n) is 6.67. The van der Waals surface area contributed by atoms with Gasteiger partial charge in [0, 0.05) is 25.6 Å². The molecule has 1 aromatic carbocycles. The number of aromatic nitrogens is 1. The Bertz CT molecular complexity index is 754. The number of rotatable bonds is 7. The smallest absolute Gasteiger partial charge is 0.289 e. The number of amides is 1. The van der Waals surface area contributed by atoms with Crippen LogP contribution >= 0.6 is 0 Å². The molecule has 0 unspecified atom stereocenters. The number of ether oxygens (including phenoxy) is 2. The second kappa shape index (κ2) is 8.21. The van der Waals surface area contributed by atoms with Gasteiger partial charge in [-0.25, -0.2) is 0 Å². The van der Waals surface area contributed by atoms with Gasteiger partial charge >= 0.3 is 0 Å². The Hall–Kier alpha value is -2.56. The molecule has 1 aliphatic heterocycles. The van der Waals surface area contributed by atoms with Crippen molar-refractivity contribution < 1.29 is 18.8 Å². The van der Waals surface area contributed by atoms with Gasteiger partial charge in [0.05, 0.1) is 0 Å². The average molecular weight is 355 g/mol. The van der Waals surface area contributed by atoms with Gasteiger partial charge in [0.2, 0.25) is 12.8 Å². The maximum atomic E-state index is 12.5. The van der Waals surface area contributed by atoms with Crippen molar-refractivity contribution in [2.45, 2.75) is 52.1 Å². The van der Waals surface area contributed by atoms with E-state index in [1.807, 2.05) is 42.1 Å². The molecule has 1 amide bonds. The summed E-state index contributed by atoms with van der Waals surface area (Å²) in [5.74, 6) is 2.06. The summed E-state index contributed by atoms with van der Waals surface area (Å²) < 4.78 is 12.6. The van der Waals surface area contributed by atoms with Crippen LogP contribution in [0.3, 0.4) is 0 Å². The third-order valence-corrected chi connectivity index (χ3v) is 5.07. The lowest BCUT2D eigenvalue weighted by Crippen LogP contribution is -2.46. The largest absolute Gasteiger partial charge is 0.454 e. The lowest BCUT2D eigenvalue weighted by Gasteiger charge is -2.13. The summed E-state index contributed by atoms with van der Waals surface area (Å²) >= 11 is 0. The van der Waals surface area contributed by atoms with Gasteiger partial charge in [-0.05, 0) is 42.0 Å². The fourth-order valence-electron chi connectivity index (χ4n) is 3.26. The maximum Gasteiger partial charge on any atom is 0.289 e. The zero-order valence-electron chi connectivity index (χ0n) is 15.7. The van der Waals surface area contributed by atoms with Crippen LogP contribution in [0.15, 0.2) is 42.7 Å². The number of hydrogen-bond acceptors (Lipinski definition) is 3. The van der Waals surface area contributed by atoms with Gasteiger partial charge in [-0.15, -0.1) is 0 Å². The van der Waals surface area contributed by atoms with E-state index < -0.39 is 0 Å². The normalized spacial score (nSPS) is 13.7. The first kappa shape index (κ1) is 18.2. The van der Waals surface area contributed by atoms with E-state index in [4.69, 9.17) is 9.47 Å². The minimum atomic E-state index is -0.264. The predicted molar refractivity (Wildman–Crippen MR) is 99.1 cm³/mol. The SMILES string of the molecule is CCC(CC)c1cc[n+]([C@H](C)C(=O)NCc2ccc3c(c2)OCO3)cc1. The highest BCUT2D eigenvalue weighted by molar-refractivity contribution is 5.78. The number of nitrogens with zero attached hydrogens (tertiary/aromatic N) is 1. The highest BCUT2D eigenvalue weighted by Gasteiger charge is 2.22. The molecule has 1 aliphatic rings. The van der Waals surface area contributed by atoms with Crippen molar-refractivity contribution >= 4 is 5.91 Å². The first-order valence-corrected chi connectivity index (χ1v) is 9.29. The van der Waals surface area contributed by atoms with Crippen LogP contribution in [0.4, 0.5) is 0 Å². The summed E-state index contributed by atoms with van der Waals surface area (Å²) in [5, 5.41) is 2.99. The van der Waals surface area contributed by atoms with Crippen LogP contribution in [0.25, 0.3) is 0 Å². The first-order valence-electron chi connectivity index (χ1n) is 9.29.